The molecule has 0 spiro atoms. The smallest absolute Gasteiger partial charge is 0.260 e. The fraction of sp³-hybridized carbons (Fsp3) is 0.588. The van der Waals surface area contributed by atoms with Crippen molar-refractivity contribution < 1.29 is 9.53 Å². The Morgan fingerprint density at radius 2 is 1.95 bits per heavy atom. The number of carbonyl (C=O) groups is 1. The normalized spacial score (nSPS) is 15.9. The molecule has 0 saturated carbocycles. The summed E-state index contributed by atoms with van der Waals surface area (Å²) in [6.07, 6.45) is 0. The lowest BCUT2D eigenvalue weighted by atomic mass is 9.85. The van der Waals surface area contributed by atoms with E-state index in [0.29, 0.717) is 0 Å². The second kappa shape index (κ2) is 6.48. The van der Waals surface area contributed by atoms with Gasteiger partial charge in [0.15, 0.2) is 6.61 Å². The van der Waals surface area contributed by atoms with E-state index < -0.39 is 0 Å². The summed E-state index contributed by atoms with van der Waals surface area (Å²) in [5, 5.41) is 3.24. The number of carbonyl (C=O) groups excluding carboxylic acids is 1. The highest BCUT2D eigenvalue weighted by atomic mass is 16.5. The van der Waals surface area contributed by atoms with Crippen molar-refractivity contribution in [2.24, 2.45) is 0 Å². The fourth-order valence-electron chi connectivity index (χ4n) is 2.50. The molecule has 0 radical (unpaired) electrons. The number of amides is 1. The summed E-state index contributed by atoms with van der Waals surface area (Å²) < 4.78 is 5.82. The van der Waals surface area contributed by atoms with E-state index in [2.05, 4.69) is 39.1 Å². The first-order valence-electron chi connectivity index (χ1n) is 7.60. The van der Waals surface area contributed by atoms with Gasteiger partial charge < -0.3 is 15.0 Å². The highest BCUT2D eigenvalue weighted by Crippen LogP contribution is 2.32. The zero-order chi connectivity index (χ0) is 15.5. The van der Waals surface area contributed by atoms with Crippen molar-refractivity contribution in [1.29, 1.82) is 0 Å². The summed E-state index contributed by atoms with van der Waals surface area (Å²) in [7, 11) is 0. The van der Waals surface area contributed by atoms with E-state index in [9.17, 15) is 4.79 Å². The van der Waals surface area contributed by atoms with E-state index in [0.717, 1.165) is 37.5 Å². The SMILES string of the molecule is Cc1ccc(OCC(=O)N2CCNCC2)c(C(C)(C)C)c1. The van der Waals surface area contributed by atoms with Crippen LogP contribution in [0, 0.1) is 6.92 Å². The van der Waals surface area contributed by atoms with Gasteiger partial charge in [0, 0.05) is 26.2 Å². The zero-order valence-electron chi connectivity index (χ0n) is 13.5. The number of piperazine rings is 1. The third-order valence-corrected chi connectivity index (χ3v) is 3.76. The number of hydrogen-bond donors (Lipinski definition) is 1. The molecule has 1 aliphatic rings. The number of aryl methyl sites for hydroxylation is 1. The first kappa shape index (κ1) is 15.8. The predicted octanol–water partition coefficient (Wildman–Crippen LogP) is 2.10. The van der Waals surface area contributed by atoms with Crippen molar-refractivity contribution in [1.82, 2.24) is 10.2 Å². The average Bonchev–Trinajstić information content (AvgIpc) is 2.45. The molecule has 116 valence electrons. The number of hydrogen-bond acceptors (Lipinski definition) is 3. The van der Waals surface area contributed by atoms with E-state index in [1.807, 2.05) is 17.0 Å². The lowest BCUT2D eigenvalue weighted by Crippen LogP contribution is -2.48. The molecule has 1 amide bonds. The Kier molecular flexibility index (Phi) is 4.88. The number of ether oxygens (including phenoxy) is 1. The van der Waals surface area contributed by atoms with Gasteiger partial charge >= 0.3 is 0 Å². The third-order valence-electron chi connectivity index (χ3n) is 3.76. The van der Waals surface area contributed by atoms with Crippen LogP contribution in [0.15, 0.2) is 18.2 Å². The van der Waals surface area contributed by atoms with E-state index in [-0.39, 0.29) is 17.9 Å². The lowest BCUT2D eigenvalue weighted by Gasteiger charge is -2.28. The van der Waals surface area contributed by atoms with Crippen molar-refractivity contribution in [2.45, 2.75) is 33.1 Å². The Hall–Kier alpha value is -1.55. The van der Waals surface area contributed by atoms with Crippen LogP contribution in [0.5, 0.6) is 5.75 Å². The van der Waals surface area contributed by atoms with Crippen LogP contribution >= 0.6 is 0 Å². The van der Waals surface area contributed by atoms with Gasteiger partial charge in [-0.05, 0) is 24.0 Å². The second-order valence-corrected chi connectivity index (χ2v) is 6.67. The standard InChI is InChI=1S/C17H26N2O2/c1-13-5-6-15(14(11-13)17(2,3)4)21-12-16(20)19-9-7-18-8-10-19/h5-6,11,18H,7-10,12H2,1-4H3. The highest BCUT2D eigenvalue weighted by molar-refractivity contribution is 5.78. The summed E-state index contributed by atoms with van der Waals surface area (Å²) in [5.41, 5.74) is 2.36. The van der Waals surface area contributed by atoms with E-state index >= 15 is 0 Å². The molecule has 0 atom stereocenters. The molecule has 1 N–H and O–H groups in total. The molecule has 1 aromatic rings. The summed E-state index contributed by atoms with van der Waals surface area (Å²) in [6, 6.07) is 6.14. The maximum absolute atomic E-state index is 12.2. The van der Waals surface area contributed by atoms with Crippen LogP contribution in [0.3, 0.4) is 0 Å². The average molecular weight is 290 g/mol. The van der Waals surface area contributed by atoms with Crippen molar-refractivity contribution in [3.63, 3.8) is 0 Å². The van der Waals surface area contributed by atoms with E-state index in [4.69, 9.17) is 4.74 Å². The van der Waals surface area contributed by atoms with Crippen LogP contribution in [0.2, 0.25) is 0 Å². The largest absolute Gasteiger partial charge is 0.483 e. The van der Waals surface area contributed by atoms with Crippen LogP contribution in [0.25, 0.3) is 0 Å². The molecule has 0 unspecified atom stereocenters. The zero-order valence-corrected chi connectivity index (χ0v) is 13.5. The molecule has 1 saturated heterocycles. The quantitative estimate of drug-likeness (QED) is 0.927. The molecule has 4 nitrogen and oxygen atoms in total. The molecule has 1 aromatic carbocycles. The summed E-state index contributed by atoms with van der Waals surface area (Å²) in [5.74, 6) is 0.883. The van der Waals surface area contributed by atoms with Gasteiger partial charge in [-0.3, -0.25) is 4.79 Å². The van der Waals surface area contributed by atoms with Crippen LogP contribution < -0.4 is 10.1 Å². The van der Waals surface area contributed by atoms with Crippen LogP contribution in [-0.2, 0) is 10.2 Å². The minimum Gasteiger partial charge on any atom is -0.483 e. The molecule has 1 heterocycles. The van der Waals surface area contributed by atoms with Gasteiger partial charge in [-0.15, -0.1) is 0 Å². The van der Waals surface area contributed by atoms with Crippen molar-refractivity contribution in [3.8, 4) is 5.75 Å². The maximum Gasteiger partial charge on any atom is 0.260 e. The minimum absolute atomic E-state index is 0.000550. The van der Waals surface area contributed by atoms with Crippen LogP contribution in [0.4, 0.5) is 0 Å². The first-order chi connectivity index (χ1) is 9.88. The molecule has 0 aliphatic carbocycles. The Bertz CT molecular complexity index is 500. The molecule has 1 fully saturated rings. The van der Waals surface area contributed by atoms with Gasteiger partial charge in [0.05, 0.1) is 0 Å². The number of nitrogens with zero attached hydrogens (tertiary/aromatic N) is 1. The van der Waals surface area contributed by atoms with Crippen molar-refractivity contribution in [3.05, 3.63) is 29.3 Å². The number of rotatable bonds is 3. The molecule has 1 aliphatic heterocycles. The molecule has 0 aromatic heterocycles. The monoisotopic (exact) mass is 290 g/mol. The van der Waals surface area contributed by atoms with Gasteiger partial charge in [-0.25, -0.2) is 0 Å². The summed E-state index contributed by atoms with van der Waals surface area (Å²) in [4.78, 5) is 14.0. The Balaban J connectivity index is 2.04. The predicted molar refractivity (Wildman–Crippen MR) is 84.8 cm³/mol. The lowest BCUT2D eigenvalue weighted by molar-refractivity contribution is -0.133. The maximum atomic E-state index is 12.2. The van der Waals surface area contributed by atoms with Crippen LogP contribution in [-0.4, -0.2) is 43.6 Å². The van der Waals surface area contributed by atoms with E-state index in [1.54, 1.807) is 0 Å². The molecule has 2 rings (SSSR count). The molecule has 21 heavy (non-hydrogen) atoms. The van der Waals surface area contributed by atoms with Gasteiger partial charge in [0.1, 0.15) is 5.75 Å². The molecule has 0 bridgehead atoms. The topological polar surface area (TPSA) is 41.6 Å². The molecular formula is C17H26N2O2. The Labute approximate surface area is 127 Å². The van der Waals surface area contributed by atoms with Crippen LogP contribution in [0.1, 0.15) is 31.9 Å². The fourth-order valence-corrected chi connectivity index (χ4v) is 2.50. The first-order valence-corrected chi connectivity index (χ1v) is 7.60. The molecular weight excluding hydrogens is 264 g/mol. The van der Waals surface area contributed by atoms with Crippen molar-refractivity contribution in [2.75, 3.05) is 32.8 Å². The van der Waals surface area contributed by atoms with E-state index in [1.165, 1.54) is 5.56 Å². The molecule has 4 heteroatoms. The van der Waals surface area contributed by atoms with Gasteiger partial charge in [-0.2, -0.15) is 0 Å². The number of nitrogens with one attached hydrogen (secondary N) is 1. The Morgan fingerprint density at radius 1 is 1.29 bits per heavy atom. The van der Waals surface area contributed by atoms with Gasteiger partial charge in [0.2, 0.25) is 0 Å². The third kappa shape index (κ3) is 4.21. The summed E-state index contributed by atoms with van der Waals surface area (Å²) in [6.45, 7) is 11.9. The van der Waals surface area contributed by atoms with Gasteiger partial charge in [0.25, 0.3) is 5.91 Å². The second-order valence-electron chi connectivity index (χ2n) is 6.67. The Morgan fingerprint density at radius 3 is 2.57 bits per heavy atom. The van der Waals surface area contributed by atoms with Gasteiger partial charge in [-0.1, -0.05) is 38.5 Å². The summed E-state index contributed by atoms with van der Waals surface area (Å²) >= 11 is 0. The number of benzene rings is 1. The highest BCUT2D eigenvalue weighted by Gasteiger charge is 2.21. The van der Waals surface area contributed by atoms with Crippen molar-refractivity contribution >= 4 is 5.91 Å². The minimum atomic E-state index is -0.000550.